The van der Waals surface area contributed by atoms with Gasteiger partial charge in [0.2, 0.25) is 0 Å². The molecule has 0 aromatic carbocycles. The van der Waals surface area contributed by atoms with Gasteiger partial charge in [0, 0.05) is 0 Å². The maximum Gasteiger partial charge on any atom is -0.0267 e. The summed E-state index contributed by atoms with van der Waals surface area (Å²) in [5.74, 6) is 2.02. The predicted octanol–water partition coefficient (Wildman–Crippen LogP) is 9.32. The van der Waals surface area contributed by atoms with Crippen LogP contribution in [0.5, 0.6) is 0 Å². The maximum atomic E-state index is 2.53. The first kappa shape index (κ1) is 23.0. The molecule has 0 radical (unpaired) electrons. The van der Waals surface area contributed by atoms with Crippen LogP contribution >= 0.6 is 0 Å². The van der Waals surface area contributed by atoms with Crippen LogP contribution < -0.4 is 0 Å². The fourth-order valence-corrected chi connectivity index (χ4v) is 5.70. The second-order valence-electron chi connectivity index (χ2n) is 9.43. The fraction of sp³-hybridized carbons (Fsp3) is 1.00. The van der Waals surface area contributed by atoms with Gasteiger partial charge < -0.3 is 0 Å². The molecule has 150 valence electrons. The molecule has 1 aliphatic rings. The van der Waals surface area contributed by atoms with Crippen LogP contribution in [0.4, 0.5) is 0 Å². The molecular formula is C25H50. The quantitative estimate of drug-likeness (QED) is 0.243. The minimum absolute atomic E-state index is 0.727. The monoisotopic (exact) mass is 350 g/mol. The van der Waals surface area contributed by atoms with Crippen molar-refractivity contribution >= 4 is 0 Å². The summed E-state index contributed by atoms with van der Waals surface area (Å²) >= 11 is 0. The molecule has 0 bridgehead atoms. The van der Waals surface area contributed by atoms with Gasteiger partial charge in [-0.2, -0.15) is 0 Å². The summed E-state index contributed by atoms with van der Waals surface area (Å²) in [4.78, 5) is 0. The van der Waals surface area contributed by atoms with E-state index in [1.807, 2.05) is 0 Å². The molecule has 0 amide bonds. The summed E-state index contributed by atoms with van der Waals surface area (Å²) in [6, 6.07) is 0. The first-order chi connectivity index (χ1) is 12.2. The summed E-state index contributed by atoms with van der Waals surface area (Å²) in [6.07, 6.45) is 26.6. The largest absolute Gasteiger partial charge is 0.0654 e. The third-order valence-electron chi connectivity index (χ3n) is 7.00. The van der Waals surface area contributed by atoms with Gasteiger partial charge in [-0.05, 0) is 42.9 Å². The lowest BCUT2D eigenvalue weighted by molar-refractivity contribution is 0.141. The van der Waals surface area contributed by atoms with Crippen molar-refractivity contribution in [1.29, 1.82) is 0 Å². The van der Waals surface area contributed by atoms with Crippen molar-refractivity contribution in [1.82, 2.24) is 0 Å². The zero-order valence-corrected chi connectivity index (χ0v) is 18.4. The SMILES string of the molecule is CCCCCCCCC1(CCCCCCCC)CC(C)CC1CCC. The molecule has 2 atom stereocenters. The second kappa shape index (κ2) is 14.1. The van der Waals surface area contributed by atoms with Gasteiger partial charge in [-0.1, -0.05) is 118 Å². The molecule has 1 saturated carbocycles. The molecule has 25 heavy (non-hydrogen) atoms. The minimum Gasteiger partial charge on any atom is -0.0654 e. The average Bonchev–Trinajstić information content (AvgIpc) is 2.90. The fourth-order valence-electron chi connectivity index (χ4n) is 5.70. The average molecular weight is 351 g/mol. The van der Waals surface area contributed by atoms with Gasteiger partial charge in [-0.15, -0.1) is 0 Å². The number of hydrogen-bond acceptors (Lipinski definition) is 0. The minimum atomic E-state index is 0.727. The molecule has 0 aromatic rings. The van der Waals surface area contributed by atoms with Crippen molar-refractivity contribution in [2.24, 2.45) is 17.3 Å². The van der Waals surface area contributed by atoms with Gasteiger partial charge >= 0.3 is 0 Å². The normalized spacial score (nSPS) is 22.6. The molecule has 0 heterocycles. The third kappa shape index (κ3) is 8.96. The van der Waals surface area contributed by atoms with E-state index in [4.69, 9.17) is 0 Å². The Morgan fingerprint density at radius 2 is 1.12 bits per heavy atom. The van der Waals surface area contributed by atoms with Gasteiger partial charge in [-0.3, -0.25) is 0 Å². The molecule has 0 saturated heterocycles. The van der Waals surface area contributed by atoms with Crippen LogP contribution in [-0.2, 0) is 0 Å². The number of rotatable bonds is 16. The van der Waals surface area contributed by atoms with E-state index in [1.165, 1.54) is 96.3 Å². The van der Waals surface area contributed by atoms with E-state index in [2.05, 4.69) is 27.7 Å². The summed E-state index contributed by atoms with van der Waals surface area (Å²) < 4.78 is 0. The van der Waals surface area contributed by atoms with Gasteiger partial charge in [0.05, 0.1) is 0 Å². The van der Waals surface area contributed by atoms with E-state index >= 15 is 0 Å². The lowest BCUT2D eigenvalue weighted by atomic mass is 9.69. The van der Waals surface area contributed by atoms with E-state index in [0.717, 1.165) is 17.3 Å². The molecule has 0 spiro atoms. The summed E-state index contributed by atoms with van der Waals surface area (Å²) in [7, 11) is 0. The lowest BCUT2D eigenvalue weighted by Crippen LogP contribution is -2.26. The van der Waals surface area contributed by atoms with Crippen molar-refractivity contribution in [3.8, 4) is 0 Å². The Kier molecular flexibility index (Phi) is 13.0. The van der Waals surface area contributed by atoms with Crippen LogP contribution in [0.1, 0.15) is 143 Å². The van der Waals surface area contributed by atoms with Crippen molar-refractivity contribution in [2.75, 3.05) is 0 Å². The predicted molar refractivity (Wildman–Crippen MR) is 115 cm³/mol. The molecule has 2 unspecified atom stereocenters. The molecule has 1 aliphatic carbocycles. The topological polar surface area (TPSA) is 0 Å². The zero-order chi connectivity index (χ0) is 18.4. The summed E-state index contributed by atoms with van der Waals surface area (Å²) in [5.41, 5.74) is 0.727. The van der Waals surface area contributed by atoms with E-state index in [-0.39, 0.29) is 0 Å². The van der Waals surface area contributed by atoms with Crippen LogP contribution in [0, 0.1) is 17.3 Å². The van der Waals surface area contributed by atoms with E-state index in [1.54, 1.807) is 19.3 Å². The Bertz CT molecular complexity index is 276. The van der Waals surface area contributed by atoms with Crippen molar-refractivity contribution < 1.29 is 0 Å². The van der Waals surface area contributed by atoms with E-state index < -0.39 is 0 Å². The standard InChI is InChI=1S/C25H50/c1-5-8-10-12-14-16-19-25(20-17-15-13-11-9-6-2)22-23(4)21-24(25)18-7-3/h23-24H,5-22H2,1-4H3. The highest BCUT2D eigenvalue weighted by Crippen LogP contribution is 2.54. The van der Waals surface area contributed by atoms with Crippen molar-refractivity contribution in [3.05, 3.63) is 0 Å². The van der Waals surface area contributed by atoms with Gasteiger partial charge in [0.15, 0.2) is 0 Å². The van der Waals surface area contributed by atoms with Gasteiger partial charge in [0.1, 0.15) is 0 Å². The Hall–Kier alpha value is 0. The van der Waals surface area contributed by atoms with Crippen LogP contribution in [-0.4, -0.2) is 0 Å². The van der Waals surface area contributed by atoms with Crippen molar-refractivity contribution in [2.45, 2.75) is 143 Å². The molecule has 0 aliphatic heterocycles. The summed E-state index contributed by atoms with van der Waals surface area (Å²) in [5, 5.41) is 0. The highest BCUT2D eigenvalue weighted by atomic mass is 14.5. The third-order valence-corrected chi connectivity index (χ3v) is 7.00. The van der Waals surface area contributed by atoms with Crippen LogP contribution in [0.15, 0.2) is 0 Å². The molecule has 0 heteroatoms. The van der Waals surface area contributed by atoms with Crippen LogP contribution in [0.2, 0.25) is 0 Å². The second-order valence-corrected chi connectivity index (χ2v) is 9.43. The van der Waals surface area contributed by atoms with Gasteiger partial charge in [0.25, 0.3) is 0 Å². The molecular weight excluding hydrogens is 300 g/mol. The molecule has 0 nitrogen and oxygen atoms in total. The molecule has 0 N–H and O–H groups in total. The highest BCUT2D eigenvalue weighted by molar-refractivity contribution is 4.94. The smallest absolute Gasteiger partial charge is 0.0267 e. The Morgan fingerprint density at radius 3 is 1.60 bits per heavy atom. The lowest BCUT2D eigenvalue weighted by Gasteiger charge is -2.36. The highest BCUT2D eigenvalue weighted by Gasteiger charge is 2.43. The van der Waals surface area contributed by atoms with Gasteiger partial charge in [-0.25, -0.2) is 0 Å². The van der Waals surface area contributed by atoms with Crippen molar-refractivity contribution in [3.63, 3.8) is 0 Å². The Morgan fingerprint density at radius 1 is 0.640 bits per heavy atom. The van der Waals surface area contributed by atoms with Crippen LogP contribution in [0.25, 0.3) is 0 Å². The Balaban J connectivity index is 2.45. The van der Waals surface area contributed by atoms with Crippen LogP contribution in [0.3, 0.4) is 0 Å². The summed E-state index contributed by atoms with van der Waals surface area (Å²) in [6.45, 7) is 9.59. The maximum absolute atomic E-state index is 2.53. The number of unbranched alkanes of at least 4 members (excludes halogenated alkanes) is 10. The first-order valence-electron chi connectivity index (χ1n) is 12.2. The molecule has 0 aromatic heterocycles. The molecule has 1 rings (SSSR count). The number of hydrogen-bond donors (Lipinski definition) is 0. The Labute approximate surface area is 160 Å². The van der Waals surface area contributed by atoms with E-state index in [9.17, 15) is 0 Å². The first-order valence-corrected chi connectivity index (χ1v) is 12.2. The zero-order valence-electron chi connectivity index (χ0n) is 18.4. The molecule has 1 fully saturated rings. The van der Waals surface area contributed by atoms with E-state index in [0.29, 0.717) is 0 Å².